The van der Waals surface area contributed by atoms with E-state index in [2.05, 4.69) is 38.0 Å². The molecule has 3 heterocycles. The minimum Gasteiger partial charge on any atom is -0.296 e. The second-order valence-corrected chi connectivity index (χ2v) is 10.2. The van der Waals surface area contributed by atoms with E-state index in [0.717, 1.165) is 20.7 Å². The molecule has 146 valence electrons. The van der Waals surface area contributed by atoms with Crippen LogP contribution in [-0.2, 0) is 11.5 Å². The van der Waals surface area contributed by atoms with E-state index in [4.69, 9.17) is 0 Å². The van der Waals surface area contributed by atoms with Gasteiger partial charge in [0.2, 0.25) is 5.13 Å². The molecule has 0 aliphatic rings. The molecule has 0 atom stereocenters. The SMILES string of the molecule is O=C(Nc1nnc(SCc2cccs2)s1)c1ccc(SCc2cccnc2)cc1. The Morgan fingerprint density at radius 3 is 2.66 bits per heavy atom. The fourth-order valence-corrected chi connectivity index (χ4v) is 5.72. The second-order valence-electron chi connectivity index (χ2n) is 5.87. The second kappa shape index (κ2) is 10.0. The van der Waals surface area contributed by atoms with Crippen molar-refractivity contribution in [2.45, 2.75) is 20.7 Å². The van der Waals surface area contributed by atoms with Gasteiger partial charge in [-0.1, -0.05) is 35.2 Å². The molecule has 0 aliphatic heterocycles. The Morgan fingerprint density at radius 1 is 1.00 bits per heavy atom. The molecule has 0 unspecified atom stereocenters. The summed E-state index contributed by atoms with van der Waals surface area (Å²) in [5, 5.41) is 13.6. The quantitative estimate of drug-likeness (QED) is 0.266. The van der Waals surface area contributed by atoms with Crippen LogP contribution in [0.25, 0.3) is 0 Å². The van der Waals surface area contributed by atoms with Crippen LogP contribution >= 0.6 is 46.2 Å². The van der Waals surface area contributed by atoms with Crippen LogP contribution in [0.1, 0.15) is 20.8 Å². The smallest absolute Gasteiger partial charge is 0.257 e. The highest BCUT2D eigenvalue weighted by Crippen LogP contribution is 2.30. The molecule has 0 spiro atoms. The largest absolute Gasteiger partial charge is 0.296 e. The number of anilines is 1. The molecule has 1 N–H and O–H groups in total. The van der Waals surface area contributed by atoms with E-state index in [1.165, 1.54) is 21.8 Å². The van der Waals surface area contributed by atoms with E-state index in [9.17, 15) is 4.79 Å². The number of hydrogen-bond acceptors (Lipinski definition) is 8. The lowest BCUT2D eigenvalue weighted by molar-refractivity contribution is 0.102. The maximum Gasteiger partial charge on any atom is 0.257 e. The summed E-state index contributed by atoms with van der Waals surface area (Å²) in [6.07, 6.45) is 3.63. The van der Waals surface area contributed by atoms with Crippen LogP contribution in [0.4, 0.5) is 5.13 Å². The summed E-state index contributed by atoms with van der Waals surface area (Å²) in [6, 6.07) is 15.7. The molecule has 0 radical (unpaired) electrons. The summed E-state index contributed by atoms with van der Waals surface area (Å²) >= 11 is 6.45. The third kappa shape index (κ3) is 5.89. The third-order valence-corrected chi connectivity index (χ3v) is 7.95. The van der Waals surface area contributed by atoms with Gasteiger partial charge in [0.1, 0.15) is 0 Å². The van der Waals surface area contributed by atoms with E-state index in [1.807, 2.05) is 42.6 Å². The van der Waals surface area contributed by atoms with Crippen LogP contribution in [0.3, 0.4) is 0 Å². The zero-order valence-corrected chi connectivity index (χ0v) is 18.4. The lowest BCUT2D eigenvalue weighted by Crippen LogP contribution is -2.11. The van der Waals surface area contributed by atoms with Crippen molar-refractivity contribution >= 4 is 57.2 Å². The van der Waals surface area contributed by atoms with Gasteiger partial charge in [0.05, 0.1) is 0 Å². The minimum atomic E-state index is -0.181. The zero-order valence-electron chi connectivity index (χ0n) is 15.1. The Morgan fingerprint density at radius 2 is 1.90 bits per heavy atom. The zero-order chi connectivity index (χ0) is 19.9. The molecule has 0 saturated heterocycles. The van der Waals surface area contributed by atoms with Gasteiger partial charge in [0.25, 0.3) is 5.91 Å². The fourth-order valence-electron chi connectivity index (χ4n) is 2.37. The lowest BCUT2D eigenvalue weighted by Gasteiger charge is -2.04. The van der Waals surface area contributed by atoms with Gasteiger partial charge in [0.15, 0.2) is 4.34 Å². The predicted molar refractivity (Wildman–Crippen MR) is 122 cm³/mol. The summed E-state index contributed by atoms with van der Waals surface area (Å²) in [6.45, 7) is 0. The topological polar surface area (TPSA) is 67.8 Å². The number of carbonyl (C=O) groups is 1. The Bertz CT molecular complexity index is 1050. The monoisotopic (exact) mass is 456 g/mol. The number of aromatic nitrogens is 3. The molecule has 0 saturated carbocycles. The highest BCUT2D eigenvalue weighted by molar-refractivity contribution is 8.00. The predicted octanol–water partition coefficient (Wildman–Crippen LogP) is 5.83. The van der Waals surface area contributed by atoms with Crippen LogP contribution in [0.5, 0.6) is 0 Å². The molecule has 3 aromatic heterocycles. The average molecular weight is 457 g/mol. The van der Waals surface area contributed by atoms with Crippen LogP contribution in [0, 0.1) is 0 Å². The van der Waals surface area contributed by atoms with Crippen LogP contribution < -0.4 is 5.32 Å². The minimum absolute atomic E-state index is 0.181. The normalized spacial score (nSPS) is 10.8. The molecule has 0 aliphatic carbocycles. The van der Waals surface area contributed by atoms with Crippen molar-refractivity contribution in [3.8, 4) is 0 Å². The van der Waals surface area contributed by atoms with Gasteiger partial charge < -0.3 is 0 Å². The van der Waals surface area contributed by atoms with Gasteiger partial charge in [-0.2, -0.15) is 0 Å². The molecule has 1 amide bonds. The van der Waals surface area contributed by atoms with Crippen LogP contribution in [0.15, 0.2) is 75.5 Å². The standard InChI is InChI=1S/C20H16N4OS4/c25-18(22-19-23-24-20(29-19)28-13-17-4-2-10-26-17)15-5-7-16(8-6-15)27-12-14-3-1-9-21-11-14/h1-11H,12-13H2,(H,22,23,25). The summed E-state index contributed by atoms with van der Waals surface area (Å²) < 4.78 is 0.843. The number of benzene rings is 1. The van der Waals surface area contributed by atoms with E-state index >= 15 is 0 Å². The molecule has 29 heavy (non-hydrogen) atoms. The molecular formula is C20H16N4OS4. The number of amides is 1. The maximum absolute atomic E-state index is 12.5. The van der Waals surface area contributed by atoms with Crippen molar-refractivity contribution in [2.24, 2.45) is 0 Å². The third-order valence-electron chi connectivity index (χ3n) is 3.79. The van der Waals surface area contributed by atoms with E-state index in [1.54, 1.807) is 41.1 Å². The van der Waals surface area contributed by atoms with Crippen molar-refractivity contribution in [1.29, 1.82) is 0 Å². The Kier molecular flexibility index (Phi) is 6.94. The Hall–Kier alpha value is -2.20. The lowest BCUT2D eigenvalue weighted by atomic mass is 10.2. The van der Waals surface area contributed by atoms with Gasteiger partial charge in [-0.15, -0.1) is 33.3 Å². The number of nitrogens with one attached hydrogen (secondary N) is 1. The average Bonchev–Trinajstić information content (AvgIpc) is 3.44. The maximum atomic E-state index is 12.5. The molecule has 0 fully saturated rings. The van der Waals surface area contributed by atoms with E-state index < -0.39 is 0 Å². The molecule has 1 aromatic carbocycles. The summed E-state index contributed by atoms with van der Waals surface area (Å²) in [5.74, 6) is 1.52. The first-order valence-electron chi connectivity index (χ1n) is 8.68. The van der Waals surface area contributed by atoms with Gasteiger partial charge in [0, 0.05) is 39.2 Å². The first-order valence-corrected chi connectivity index (χ1v) is 12.3. The first kappa shape index (κ1) is 20.1. The summed E-state index contributed by atoms with van der Waals surface area (Å²) in [4.78, 5) is 19.0. The van der Waals surface area contributed by atoms with E-state index in [0.29, 0.717) is 10.7 Å². The van der Waals surface area contributed by atoms with Gasteiger partial charge >= 0.3 is 0 Å². The number of pyridine rings is 1. The highest BCUT2D eigenvalue weighted by atomic mass is 32.2. The number of carbonyl (C=O) groups excluding carboxylic acids is 1. The van der Waals surface area contributed by atoms with Crippen molar-refractivity contribution in [3.05, 3.63) is 82.3 Å². The van der Waals surface area contributed by atoms with Crippen molar-refractivity contribution in [1.82, 2.24) is 15.2 Å². The number of thiophene rings is 1. The number of hydrogen-bond donors (Lipinski definition) is 1. The summed E-state index contributed by atoms with van der Waals surface area (Å²) in [7, 11) is 0. The number of nitrogens with zero attached hydrogens (tertiary/aromatic N) is 3. The fraction of sp³-hybridized carbons (Fsp3) is 0.100. The van der Waals surface area contributed by atoms with Crippen molar-refractivity contribution < 1.29 is 4.79 Å². The van der Waals surface area contributed by atoms with Crippen LogP contribution in [-0.4, -0.2) is 21.1 Å². The van der Waals surface area contributed by atoms with Gasteiger partial charge in [-0.25, -0.2) is 0 Å². The number of rotatable bonds is 8. The Labute approximate surface area is 185 Å². The number of thioether (sulfide) groups is 2. The van der Waals surface area contributed by atoms with E-state index in [-0.39, 0.29) is 5.91 Å². The molecular weight excluding hydrogens is 441 g/mol. The molecule has 9 heteroatoms. The summed E-state index contributed by atoms with van der Waals surface area (Å²) in [5.41, 5.74) is 1.77. The Balaban J connectivity index is 1.29. The highest BCUT2D eigenvalue weighted by Gasteiger charge is 2.11. The molecule has 5 nitrogen and oxygen atoms in total. The van der Waals surface area contributed by atoms with Gasteiger partial charge in [-0.3, -0.25) is 15.1 Å². The molecule has 4 rings (SSSR count). The van der Waals surface area contributed by atoms with Crippen molar-refractivity contribution in [3.63, 3.8) is 0 Å². The van der Waals surface area contributed by atoms with Crippen LogP contribution in [0.2, 0.25) is 0 Å². The molecule has 0 bridgehead atoms. The molecule has 4 aromatic rings. The van der Waals surface area contributed by atoms with Gasteiger partial charge in [-0.05, 0) is 47.3 Å². The van der Waals surface area contributed by atoms with Crippen molar-refractivity contribution in [2.75, 3.05) is 5.32 Å². The first-order chi connectivity index (χ1) is 14.3.